The Morgan fingerprint density at radius 1 is 1.17 bits per heavy atom. The minimum atomic E-state index is 0.0604. The van der Waals surface area contributed by atoms with Crippen LogP contribution >= 0.6 is 0 Å². The van der Waals surface area contributed by atoms with E-state index in [2.05, 4.69) is 39.8 Å². The van der Waals surface area contributed by atoms with Crippen molar-refractivity contribution in [3.63, 3.8) is 0 Å². The van der Waals surface area contributed by atoms with Crippen molar-refractivity contribution < 1.29 is 9.84 Å². The molecule has 102 valence electrons. The molecule has 0 aromatic heterocycles. The number of aliphatic hydroxyl groups is 1. The van der Waals surface area contributed by atoms with Gasteiger partial charge in [-0.25, -0.2) is 0 Å². The predicted molar refractivity (Wildman–Crippen MR) is 76.3 cm³/mol. The average Bonchev–Trinajstić information content (AvgIpc) is 2.43. The summed E-state index contributed by atoms with van der Waals surface area (Å²) >= 11 is 0. The Kier molecular flexibility index (Phi) is 5.67. The van der Waals surface area contributed by atoms with Crippen LogP contribution < -0.4 is 4.74 Å². The summed E-state index contributed by atoms with van der Waals surface area (Å²) in [6.45, 7) is 9.43. The summed E-state index contributed by atoms with van der Waals surface area (Å²) in [7, 11) is 0. The van der Waals surface area contributed by atoms with Crippen LogP contribution in [0.2, 0.25) is 0 Å². The van der Waals surface area contributed by atoms with Gasteiger partial charge < -0.3 is 9.84 Å². The molecule has 0 heterocycles. The van der Waals surface area contributed by atoms with E-state index in [4.69, 9.17) is 9.84 Å². The summed E-state index contributed by atoms with van der Waals surface area (Å²) in [6.07, 6.45) is 3.31. The van der Waals surface area contributed by atoms with Gasteiger partial charge in [-0.05, 0) is 47.9 Å². The Hall–Kier alpha value is -1.02. The first kappa shape index (κ1) is 15.0. The maximum absolute atomic E-state index is 8.79. The minimum absolute atomic E-state index is 0.0604. The highest BCUT2D eigenvalue weighted by atomic mass is 16.5. The van der Waals surface area contributed by atoms with Gasteiger partial charge in [0.25, 0.3) is 0 Å². The van der Waals surface area contributed by atoms with Crippen LogP contribution in [0, 0.1) is 0 Å². The van der Waals surface area contributed by atoms with Crippen molar-refractivity contribution in [1.82, 2.24) is 0 Å². The first-order valence-electron chi connectivity index (χ1n) is 6.98. The summed E-state index contributed by atoms with van der Waals surface area (Å²) < 4.78 is 5.48. The first-order valence-corrected chi connectivity index (χ1v) is 6.98. The highest BCUT2D eigenvalue weighted by Crippen LogP contribution is 2.35. The van der Waals surface area contributed by atoms with Crippen molar-refractivity contribution in [3.8, 4) is 5.75 Å². The van der Waals surface area contributed by atoms with Crippen LogP contribution in [0.4, 0.5) is 0 Å². The lowest BCUT2D eigenvalue weighted by Gasteiger charge is -2.30. The zero-order valence-electron chi connectivity index (χ0n) is 12.1. The summed E-state index contributed by atoms with van der Waals surface area (Å²) in [4.78, 5) is 0. The third kappa shape index (κ3) is 3.26. The Morgan fingerprint density at radius 2 is 1.83 bits per heavy atom. The Labute approximate surface area is 111 Å². The average molecular weight is 250 g/mol. The van der Waals surface area contributed by atoms with Crippen LogP contribution in [0.25, 0.3) is 0 Å². The van der Waals surface area contributed by atoms with Gasteiger partial charge in [-0.1, -0.05) is 33.8 Å². The van der Waals surface area contributed by atoms with Crippen LogP contribution in [0.1, 0.15) is 51.7 Å². The van der Waals surface area contributed by atoms with Crippen molar-refractivity contribution in [1.29, 1.82) is 0 Å². The zero-order valence-corrected chi connectivity index (χ0v) is 12.1. The lowest BCUT2D eigenvalue weighted by Crippen LogP contribution is -2.21. The van der Waals surface area contributed by atoms with Crippen molar-refractivity contribution in [2.75, 3.05) is 13.2 Å². The topological polar surface area (TPSA) is 29.5 Å². The molecule has 0 aliphatic heterocycles. The largest absolute Gasteiger partial charge is 0.491 e. The molecule has 1 rings (SSSR count). The van der Waals surface area contributed by atoms with E-state index in [0.717, 1.165) is 25.0 Å². The molecule has 2 nitrogen and oxygen atoms in total. The molecule has 0 aliphatic rings. The summed E-state index contributed by atoms with van der Waals surface area (Å²) in [5, 5.41) is 8.79. The molecule has 1 aromatic carbocycles. The minimum Gasteiger partial charge on any atom is -0.491 e. The number of rotatable bonds is 7. The number of hydrogen-bond donors (Lipinski definition) is 1. The third-order valence-corrected chi connectivity index (χ3v) is 4.03. The molecule has 0 radical (unpaired) electrons. The van der Waals surface area contributed by atoms with Gasteiger partial charge in [0.05, 0.1) is 6.61 Å². The fraction of sp³-hybridized carbons (Fsp3) is 0.625. The fourth-order valence-corrected chi connectivity index (χ4v) is 2.34. The molecule has 0 fully saturated rings. The van der Waals surface area contributed by atoms with Crippen LogP contribution in [0.15, 0.2) is 18.2 Å². The van der Waals surface area contributed by atoms with Crippen molar-refractivity contribution in [3.05, 3.63) is 29.3 Å². The number of aryl methyl sites for hydroxylation is 1. The standard InChI is InChI=1S/C16H26O2/c1-5-13-12-14(18-11-10-17)8-9-15(13)16(4,6-2)7-3/h8-9,12,17H,5-7,10-11H2,1-4H3. The number of aliphatic hydroxyl groups excluding tert-OH is 1. The molecule has 0 atom stereocenters. The second kappa shape index (κ2) is 6.79. The second-order valence-corrected chi connectivity index (χ2v) is 5.01. The SMILES string of the molecule is CCc1cc(OCCO)ccc1C(C)(CC)CC. The van der Waals surface area contributed by atoms with Gasteiger partial charge in [-0.2, -0.15) is 0 Å². The van der Waals surface area contributed by atoms with E-state index >= 15 is 0 Å². The molecule has 2 heteroatoms. The van der Waals surface area contributed by atoms with Crippen molar-refractivity contribution in [2.45, 2.75) is 52.4 Å². The van der Waals surface area contributed by atoms with E-state index in [-0.39, 0.29) is 12.0 Å². The fourth-order valence-electron chi connectivity index (χ4n) is 2.34. The molecular formula is C16H26O2. The zero-order chi connectivity index (χ0) is 13.6. The molecule has 0 saturated heterocycles. The summed E-state index contributed by atoms with van der Waals surface area (Å²) in [5.41, 5.74) is 3.05. The van der Waals surface area contributed by atoms with E-state index in [0.29, 0.717) is 6.61 Å². The van der Waals surface area contributed by atoms with Gasteiger partial charge >= 0.3 is 0 Å². The molecule has 1 N–H and O–H groups in total. The van der Waals surface area contributed by atoms with E-state index in [1.54, 1.807) is 0 Å². The molecule has 1 aromatic rings. The Morgan fingerprint density at radius 3 is 2.33 bits per heavy atom. The number of benzene rings is 1. The Bertz CT molecular complexity index is 367. The monoisotopic (exact) mass is 250 g/mol. The molecule has 0 spiro atoms. The molecule has 0 bridgehead atoms. The first-order chi connectivity index (χ1) is 8.61. The van der Waals surface area contributed by atoms with Gasteiger partial charge in [0.1, 0.15) is 12.4 Å². The van der Waals surface area contributed by atoms with E-state index in [1.165, 1.54) is 11.1 Å². The molecule has 0 aliphatic carbocycles. The van der Waals surface area contributed by atoms with Gasteiger partial charge in [0.15, 0.2) is 0 Å². The quantitative estimate of drug-likeness (QED) is 0.799. The molecule has 18 heavy (non-hydrogen) atoms. The highest BCUT2D eigenvalue weighted by Gasteiger charge is 2.24. The van der Waals surface area contributed by atoms with Gasteiger partial charge in [-0.15, -0.1) is 0 Å². The lowest BCUT2D eigenvalue weighted by molar-refractivity contribution is 0.201. The molecule has 0 saturated carbocycles. The van der Waals surface area contributed by atoms with Gasteiger partial charge in [-0.3, -0.25) is 0 Å². The maximum atomic E-state index is 8.79. The highest BCUT2D eigenvalue weighted by molar-refractivity contribution is 5.40. The van der Waals surface area contributed by atoms with Crippen LogP contribution in [0.3, 0.4) is 0 Å². The molecule has 0 unspecified atom stereocenters. The molecule has 0 amide bonds. The van der Waals surface area contributed by atoms with E-state index in [1.807, 2.05) is 6.07 Å². The summed E-state index contributed by atoms with van der Waals surface area (Å²) in [6, 6.07) is 6.33. The number of hydrogen-bond acceptors (Lipinski definition) is 2. The van der Waals surface area contributed by atoms with E-state index in [9.17, 15) is 0 Å². The Balaban J connectivity index is 3.06. The van der Waals surface area contributed by atoms with Crippen LogP contribution in [-0.4, -0.2) is 18.3 Å². The van der Waals surface area contributed by atoms with Gasteiger partial charge in [0.2, 0.25) is 0 Å². The predicted octanol–water partition coefficient (Wildman–Crippen LogP) is 3.70. The molecular weight excluding hydrogens is 224 g/mol. The third-order valence-electron chi connectivity index (χ3n) is 4.03. The van der Waals surface area contributed by atoms with Crippen LogP contribution in [-0.2, 0) is 11.8 Å². The normalized spacial score (nSPS) is 11.6. The smallest absolute Gasteiger partial charge is 0.119 e. The van der Waals surface area contributed by atoms with Crippen LogP contribution in [0.5, 0.6) is 5.75 Å². The summed E-state index contributed by atoms with van der Waals surface area (Å²) in [5.74, 6) is 0.860. The maximum Gasteiger partial charge on any atom is 0.119 e. The number of ether oxygens (including phenoxy) is 1. The van der Waals surface area contributed by atoms with Crippen molar-refractivity contribution in [2.24, 2.45) is 0 Å². The lowest BCUT2D eigenvalue weighted by atomic mass is 9.75. The van der Waals surface area contributed by atoms with E-state index < -0.39 is 0 Å². The van der Waals surface area contributed by atoms with Gasteiger partial charge in [0, 0.05) is 0 Å². The second-order valence-electron chi connectivity index (χ2n) is 5.01. The van der Waals surface area contributed by atoms with Crippen molar-refractivity contribution >= 4 is 0 Å².